The van der Waals surface area contributed by atoms with Crippen molar-refractivity contribution < 1.29 is 0 Å². The van der Waals surface area contributed by atoms with Gasteiger partial charge in [-0.15, -0.1) is 0 Å². The van der Waals surface area contributed by atoms with Crippen LogP contribution in [0.1, 0.15) is 11.1 Å². The summed E-state index contributed by atoms with van der Waals surface area (Å²) in [6.45, 7) is 4.41. The lowest BCUT2D eigenvalue weighted by atomic mass is 9.94. The second-order valence-corrected chi connectivity index (χ2v) is 36.4. The number of hydrogen-bond donors (Lipinski definition) is 0. The summed E-state index contributed by atoms with van der Waals surface area (Å²) < 4.78 is 14.2. The van der Waals surface area contributed by atoms with E-state index in [0.29, 0.717) is 5.82 Å². The minimum absolute atomic E-state index is 0.701. The van der Waals surface area contributed by atoms with E-state index in [2.05, 4.69) is 527 Å². The molecule has 7 aromatic heterocycles. The molecule has 8 heteroatoms. The number of aryl methyl sites for hydroxylation is 2. The van der Waals surface area contributed by atoms with E-state index in [-0.39, 0.29) is 0 Å². The van der Waals surface area contributed by atoms with Crippen LogP contribution in [-0.4, -0.2) is 37.4 Å². The van der Waals surface area contributed by atoms with Gasteiger partial charge in [0.25, 0.3) is 0 Å². The Kier molecular flexibility index (Phi) is 20.2. The minimum atomic E-state index is 0.701. The number of rotatable bonds is 13. The molecule has 0 aliphatic carbocycles. The topological polar surface area (TPSA) is 55.4 Å². The Morgan fingerprint density at radius 3 is 0.743 bits per heavy atom. The SMILES string of the molecule is Cc1ccccc1-c1cc(-c2ccccc2C)cc(-n2c3ccccc3c3cc(-c4ccc5c6ccccc6n(-c6ccccc6)c5c4)ccc32)c1.c1ccc(-c2cc(-n3c4ccccc4c4cc(-c5ccc6c(c5)c5ccccc5n6-c5ccccc5)ccc43)nc(-c3ccccc3)n2)cc1.c1ccc(-n2c3ccccc3c3cc(-c4ccc5c6ccccc6n(-c6ccccc6)c5c4)ccc32)cc1. The molecule has 28 aromatic rings. The molecule has 658 valence electrons. The summed E-state index contributed by atoms with van der Waals surface area (Å²) in [5.74, 6) is 1.54. The quantitative estimate of drug-likeness (QED) is 0.116. The summed E-state index contributed by atoms with van der Waals surface area (Å²) in [5.41, 5.74) is 37.8. The van der Waals surface area contributed by atoms with Crippen molar-refractivity contribution in [2.24, 2.45) is 0 Å². The van der Waals surface area contributed by atoms with Gasteiger partial charge in [0.05, 0.1) is 71.9 Å². The van der Waals surface area contributed by atoms with Crippen molar-refractivity contribution in [1.29, 1.82) is 0 Å². The molecule has 7 heterocycles. The standard InChI is InChI=1S/C50H36N2.C46H30N4.C36H24N2/c1-33-14-6-8-18-41(33)37-28-38(42-19-9-7-15-34(42)2)30-40(29-37)52-48-23-13-11-21-44(48)46-31-35(25-27-49(46)52)36-24-26-45-43-20-10-12-22-47(43)51(50(45)32-36)39-16-4-3-5-17-39;1-4-14-31(15-5-1)40-30-45(48-46(47-40)32-16-6-2-7-17-32)50-42-23-13-11-21-37(42)39-29-34(25-27-44(39)50)33-24-26-43-38(28-33)36-20-10-12-22-41(36)49(43)35-18-8-3-9-19-35;1-3-11-27(12-4-1)37-34-18-10-8-16-30(34)32-23-25(20-22-35(32)37)26-19-21-31-29-15-7-9-17-33(29)38(36(31)24-26)28-13-5-2-6-14-28/h3-32H,1-2H3;1-30H;1-24H. The lowest BCUT2D eigenvalue weighted by molar-refractivity contribution is 1.05. The highest BCUT2D eigenvalue weighted by molar-refractivity contribution is 6.17. The van der Waals surface area contributed by atoms with Crippen molar-refractivity contribution in [3.8, 4) is 113 Å². The molecule has 0 saturated heterocycles. The molecule has 0 amide bonds. The number of nitrogens with zero attached hydrogens (tertiary/aromatic N) is 8. The highest BCUT2D eigenvalue weighted by atomic mass is 15.1. The summed E-state index contributed by atoms with van der Waals surface area (Å²) in [7, 11) is 0. The van der Waals surface area contributed by atoms with Gasteiger partial charge in [0.1, 0.15) is 5.82 Å². The monoisotopic (exact) mass is 1790 g/mol. The molecule has 0 unspecified atom stereocenters. The van der Waals surface area contributed by atoms with Gasteiger partial charge in [-0.1, -0.05) is 340 Å². The van der Waals surface area contributed by atoms with Gasteiger partial charge in [-0.3, -0.25) is 4.57 Å². The third-order valence-corrected chi connectivity index (χ3v) is 28.2. The lowest BCUT2D eigenvalue weighted by Crippen LogP contribution is -2.02. The minimum Gasteiger partial charge on any atom is -0.309 e. The van der Waals surface area contributed by atoms with Crippen LogP contribution in [0, 0.1) is 13.8 Å². The third kappa shape index (κ3) is 14.2. The van der Waals surface area contributed by atoms with E-state index in [4.69, 9.17) is 9.97 Å². The van der Waals surface area contributed by atoms with Gasteiger partial charge in [0, 0.05) is 110 Å². The van der Waals surface area contributed by atoms with Crippen LogP contribution in [0.5, 0.6) is 0 Å². The highest BCUT2D eigenvalue weighted by Gasteiger charge is 2.25. The van der Waals surface area contributed by atoms with Crippen LogP contribution in [0.4, 0.5) is 0 Å². The number of hydrogen-bond acceptors (Lipinski definition) is 2. The highest BCUT2D eigenvalue weighted by Crippen LogP contribution is 2.46. The van der Waals surface area contributed by atoms with Gasteiger partial charge in [-0.05, 0) is 244 Å². The predicted octanol–water partition coefficient (Wildman–Crippen LogP) is 34.7. The lowest BCUT2D eigenvalue weighted by Gasteiger charge is -2.16. The summed E-state index contributed by atoms with van der Waals surface area (Å²) >= 11 is 0. The molecule has 0 aliphatic heterocycles. The maximum atomic E-state index is 5.19. The molecule has 0 spiro atoms. The first kappa shape index (κ1) is 82.2. The fourth-order valence-corrected chi connectivity index (χ4v) is 21.7. The third-order valence-electron chi connectivity index (χ3n) is 28.2. The molecule has 0 bridgehead atoms. The van der Waals surface area contributed by atoms with E-state index in [1.54, 1.807) is 0 Å². The summed E-state index contributed by atoms with van der Waals surface area (Å²) in [6, 6.07) is 183. The van der Waals surface area contributed by atoms with Gasteiger partial charge < -0.3 is 22.8 Å². The Morgan fingerprint density at radius 2 is 0.393 bits per heavy atom. The average molecular weight is 1790 g/mol. The molecule has 0 atom stereocenters. The number of benzene rings is 21. The predicted molar refractivity (Wildman–Crippen MR) is 588 cm³/mol. The van der Waals surface area contributed by atoms with Crippen molar-refractivity contribution in [2.45, 2.75) is 13.8 Å². The molecule has 0 N–H and O–H groups in total. The van der Waals surface area contributed by atoms with E-state index >= 15 is 0 Å². The molecule has 0 fully saturated rings. The average Bonchev–Trinajstić information content (AvgIpc) is 1.58. The van der Waals surface area contributed by atoms with Crippen LogP contribution < -0.4 is 0 Å². The van der Waals surface area contributed by atoms with E-state index in [0.717, 1.165) is 45.0 Å². The zero-order chi connectivity index (χ0) is 92.8. The van der Waals surface area contributed by atoms with Gasteiger partial charge >= 0.3 is 0 Å². The maximum Gasteiger partial charge on any atom is 0.162 e. The molecule has 0 radical (unpaired) electrons. The molecule has 8 nitrogen and oxygen atoms in total. The molecule has 28 rings (SSSR count). The Hall–Kier alpha value is -18.5. The first-order chi connectivity index (χ1) is 69.3. The maximum absolute atomic E-state index is 5.19. The van der Waals surface area contributed by atoms with E-state index in [1.165, 1.54) is 204 Å². The van der Waals surface area contributed by atoms with E-state index < -0.39 is 0 Å². The van der Waals surface area contributed by atoms with Crippen molar-refractivity contribution >= 4 is 131 Å². The number of aromatic nitrogens is 8. The van der Waals surface area contributed by atoms with Crippen LogP contribution in [-0.2, 0) is 0 Å². The Morgan fingerprint density at radius 1 is 0.143 bits per heavy atom. The zero-order valence-corrected chi connectivity index (χ0v) is 77.1. The number of para-hydroxylation sites is 10. The van der Waals surface area contributed by atoms with Crippen molar-refractivity contribution in [3.05, 3.63) is 521 Å². The first-order valence-corrected chi connectivity index (χ1v) is 48.0. The Bertz CT molecular complexity index is 9580. The van der Waals surface area contributed by atoms with E-state index in [9.17, 15) is 0 Å². The van der Waals surface area contributed by atoms with Crippen LogP contribution in [0.15, 0.2) is 510 Å². The molecule has 0 aliphatic rings. The van der Waals surface area contributed by atoms with Crippen LogP contribution in [0.2, 0.25) is 0 Å². The molecular weight excluding hydrogens is 1700 g/mol. The fraction of sp³-hybridized carbons (Fsp3) is 0.0152. The molecule has 0 saturated carbocycles. The van der Waals surface area contributed by atoms with Gasteiger partial charge in [0.15, 0.2) is 5.82 Å². The fourth-order valence-electron chi connectivity index (χ4n) is 21.7. The first-order valence-electron chi connectivity index (χ1n) is 48.0. The van der Waals surface area contributed by atoms with Crippen LogP contribution >= 0.6 is 0 Å². The Balaban J connectivity index is 0.000000109. The van der Waals surface area contributed by atoms with Gasteiger partial charge in [0.2, 0.25) is 0 Å². The normalized spacial score (nSPS) is 11.6. The second kappa shape index (κ2) is 34.4. The van der Waals surface area contributed by atoms with Crippen molar-refractivity contribution in [2.75, 3.05) is 0 Å². The smallest absolute Gasteiger partial charge is 0.162 e. The Labute approximate surface area is 809 Å². The zero-order valence-electron chi connectivity index (χ0n) is 77.1. The molecule has 140 heavy (non-hydrogen) atoms. The second-order valence-electron chi connectivity index (χ2n) is 36.4. The summed E-state index contributed by atoms with van der Waals surface area (Å²) in [6.07, 6.45) is 0. The van der Waals surface area contributed by atoms with Gasteiger partial charge in [-0.2, -0.15) is 0 Å². The number of fused-ring (bicyclic) bond motifs is 18. The largest absolute Gasteiger partial charge is 0.309 e. The van der Waals surface area contributed by atoms with Crippen LogP contribution in [0.3, 0.4) is 0 Å². The summed E-state index contributed by atoms with van der Waals surface area (Å²) in [4.78, 5) is 10.2. The molecular formula is C132H90N8. The van der Waals surface area contributed by atoms with Gasteiger partial charge in [-0.25, -0.2) is 9.97 Å². The van der Waals surface area contributed by atoms with Crippen molar-refractivity contribution in [1.82, 2.24) is 37.4 Å². The summed E-state index contributed by atoms with van der Waals surface area (Å²) in [5, 5.41) is 15.0. The molecule has 21 aromatic carbocycles. The van der Waals surface area contributed by atoms with E-state index in [1.807, 2.05) is 24.3 Å². The van der Waals surface area contributed by atoms with Crippen LogP contribution in [0.25, 0.3) is 243 Å². The van der Waals surface area contributed by atoms with Crippen molar-refractivity contribution in [3.63, 3.8) is 0 Å².